The third-order valence-electron chi connectivity index (χ3n) is 5.69. The summed E-state index contributed by atoms with van der Waals surface area (Å²) < 4.78 is 0. The zero-order valence-electron chi connectivity index (χ0n) is 12.5. The van der Waals surface area contributed by atoms with Crippen molar-refractivity contribution in [3.8, 4) is 0 Å². The summed E-state index contributed by atoms with van der Waals surface area (Å²) in [5.41, 5.74) is -0.312. The van der Waals surface area contributed by atoms with Gasteiger partial charge in [0.2, 0.25) is 0 Å². The molecule has 0 spiro atoms. The predicted molar refractivity (Wildman–Crippen MR) is 77.6 cm³/mol. The predicted octanol–water partition coefficient (Wildman–Crippen LogP) is 4.92. The number of hydrogen-bond donors (Lipinski definition) is 1. The highest BCUT2D eigenvalue weighted by atomic mass is 16.3. The van der Waals surface area contributed by atoms with Crippen LogP contribution >= 0.6 is 0 Å². The minimum atomic E-state index is -0.312. The molecule has 0 radical (unpaired) electrons. The van der Waals surface area contributed by atoms with E-state index >= 15 is 0 Å². The molecule has 106 valence electrons. The molecule has 0 bridgehead atoms. The van der Waals surface area contributed by atoms with Crippen LogP contribution in [0.4, 0.5) is 0 Å². The lowest BCUT2D eigenvalue weighted by atomic mass is 9.76. The molecule has 0 amide bonds. The van der Waals surface area contributed by atoms with Gasteiger partial charge in [-0.2, -0.15) is 0 Å². The molecular formula is C17H32O. The highest BCUT2D eigenvalue weighted by Gasteiger charge is 2.38. The largest absolute Gasteiger partial charge is 0.390 e. The van der Waals surface area contributed by atoms with Crippen LogP contribution in [-0.2, 0) is 0 Å². The van der Waals surface area contributed by atoms with Gasteiger partial charge in [-0.25, -0.2) is 0 Å². The van der Waals surface area contributed by atoms with E-state index < -0.39 is 0 Å². The number of aliphatic hydroxyl groups is 1. The first-order chi connectivity index (χ1) is 8.62. The van der Waals surface area contributed by atoms with Gasteiger partial charge in [0, 0.05) is 0 Å². The monoisotopic (exact) mass is 252 g/mol. The van der Waals surface area contributed by atoms with Crippen molar-refractivity contribution in [3.05, 3.63) is 0 Å². The van der Waals surface area contributed by atoms with E-state index in [1.165, 1.54) is 57.8 Å². The van der Waals surface area contributed by atoms with Crippen molar-refractivity contribution in [3.63, 3.8) is 0 Å². The van der Waals surface area contributed by atoms with Crippen LogP contribution < -0.4 is 0 Å². The Morgan fingerprint density at radius 2 is 1.50 bits per heavy atom. The average molecular weight is 252 g/mol. The van der Waals surface area contributed by atoms with Crippen LogP contribution in [0.3, 0.4) is 0 Å². The Balaban J connectivity index is 1.96. The minimum Gasteiger partial charge on any atom is -0.390 e. The molecule has 2 fully saturated rings. The molecule has 0 aromatic heterocycles. The van der Waals surface area contributed by atoms with Gasteiger partial charge in [0.1, 0.15) is 0 Å². The lowest BCUT2D eigenvalue weighted by Gasteiger charge is -2.35. The highest BCUT2D eigenvalue weighted by molar-refractivity contribution is 4.90. The van der Waals surface area contributed by atoms with Crippen LogP contribution in [0.25, 0.3) is 0 Å². The van der Waals surface area contributed by atoms with Crippen molar-refractivity contribution in [2.45, 2.75) is 90.1 Å². The molecule has 2 atom stereocenters. The van der Waals surface area contributed by atoms with Gasteiger partial charge in [0.05, 0.1) is 5.60 Å². The molecule has 1 heteroatoms. The van der Waals surface area contributed by atoms with E-state index in [4.69, 9.17) is 0 Å². The number of hydrogen-bond acceptors (Lipinski definition) is 1. The quantitative estimate of drug-likeness (QED) is 0.691. The highest BCUT2D eigenvalue weighted by Crippen LogP contribution is 2.42. The van der Waals surface area contributed by atoms with Gasteiger partial charge in [0.15, 0.2) is 0 Å². The van der Waals surface area contributed by atoms with Crippen LogP contribution in [0.1, 0.15) is 84.5 Å². The van der Waals surface area contributed by atoms with E-state index in [2.05, 4.69) is 13.8 Å². The van der Waals surface area contributed by atoms with Crippen molar-refractivity contribution >= 4 is 0 Å². The maximum atomic E-state index is 11.1. The van der Waals surface area contributed by atoms with Crippen LogP contribution in [-0.4, -0.2) is 10.7 Å². The standard InChI is InChI=1S/C17H32O/c1-14(2)15-8-7-12-17(18,13-11-15)16-9-5-3-4-6-10-16/h14-16,18H,3-13H2,1-2H3. The van der Waals surface area contributed by atoms with E-state index in [1.807, 2.05) is 0 Å². The SMILES string of the molecule is CC(C)C1CCCC(O)(C2CCCCCC2)CC1. The fraction of sp³-hybridized carbons (Fsp3) is 1.00. The molecule has 0 aliphatic heterocycles. The maximum absolute atomic E-state index is 11.1. The fourth-order valence-electron chi connectivity index (χ4n) is 4.27. The first kappa shape index (κ1) is 14.4. The summed E-state index contributed by atoms with van der Waals surface area (Å²) >= 11 is 0. The molecule has 2 unspecified atom stereocenters. The normalized spacial score (nSPS) is 36.3. The Labute approximate surface area is 113 Å². The van der Waals surface area contributed by atoms with Gasteiger partial charge in [-0.3, -0.25) is 0 Å². The van der Waals surface area contributed by atoms with Gasteiger partial charge in [-0.15, -0.1) is 0 Å². The summed E-state index contributed by atoms with van der Waals surface area (Å²) in [6, 6.07) is 0. The summed E-state index contributed by atoms with van der Waals surface area (Å²) in [5.74, 6) is 2.25. The molecule has 2 saturated carbocycles. The van der Waals surface area contributed by atoms with Crippen molar-refractivity contribution in [1.82, 2.24) is 0 Å². The molecule has 0 heterocycles. The first-order valence-corrected chi connectivity index (χ1v) is 8.34. The van der Waals surface area contributed by atoms with Crippen molar-refractivity contribution in [2.24, 2.45) is 17.8 Å². The zero-order chi connectivity index (χ0) is 13.0. The average Bonchev–Trinajstić information content (AvgIpc) is 2.70. The van der Waals surface area contributed by atoms with Crippen molar-refractivity contribution in [1.29, 1.82) is 0 Å². The lowest BCUT2D eigenvalue weighted by Crippen LogP contribution is -2.37. The van der Waals surface area contributed by atoms with E-state index in [-0.39, 0.29) is 5.60 Å². The maximum Gasteiger partial charge on any atom is 0.0675 e. The lowest BCUT2D eigenvalue weighted by molar-refractivity contribution is -0.0388. The second-order valence-corrected chi connectivity index (χ2v) is 7.23. The van der Waals surface area contributed by atoms with E-state index in [0.717, 1.165) is 24.7 Å². The molecule has 2 aliphatic carbocycles. The van der Waals surface area contributed by atoms with Crippen LogP contribution in [0, 0.1) is 17.8 Å². The topological polar surface area (TPSA) is 20.2 Å². The van der Waals surface area contributed by atoms with Crippen LogP contribution in [0.15, 0.2) is 0 Å². The molecular weight excluding hydrogens is 220 g/mol. The molecule has 2 aliphatic rings. The molecule has 1 N–H and O–H groups in total. The van der Waals surface area contributed by atoms with Gasteiger partial charge in [-0.1, -0.05) is 52.4 Å². The van der Waals surface area contributed by atoms with E-state index in [1.54, 1.807) is 0 Å². The third-order valence-corrected chi connectivity index (χ3v) is 5.69. The summed E-state index contributed by atoms with van der Waals surface area (Å²) in [7, 11) is 0. The van der Waals surface area contributed by atoms with E-state index in [9.17, 15) is 5.11 Å². The van der Waals surface area contributed by atoms with E-state index in [0.29, 0.717) is 5.92 Å². The third kappa shape index (κ3) is 3.50. The Bertz CT molecular complexity index is 240. The minimum absolute atomic E-state index is 0.312. The Kier molecular flexibility index (Phi) is 5.12. The molecule has 2 rings (SSSR count). The zero-order valence-corrected chi connectivity index (χ0v) is 12.5. The van der Waals surface area contributed by atoms with Crippen LogP contribution in [0.2, 0.25) is 0 Å². The Hall–Kier alpha value is -0.0400. The summed E-state index contributed by atoms with van der Waals surface area (Å²) in [6.07, 6.45) is 14.0. The summed E-state index contributed by atoms with van der Waals surface area (Å²) in [4.78, 5) is 0. The summed E-state index contributed by atoms with van der Waals surface area (Å²) in [5, 5.41) is 11.1. The van der Waals surface area contributed by atoms with Crippen molar-refractivity contribution < 1.29 is 5.11 Å². The number of rotatable bonds is 2. The van der Waals surface area contributed by atoms with Crippen molar-refractivity contribution in [2.75, 3.05) is 0 Å². The molecule has 1 nitrogen and oxygen atoms in total. The first-order valence-electron chi connectivity index (χ1n) is 8.34. The van der Waals surface area contributed by atoms with Crippen LogP contribution in [0.5, 0.6) is 0 Å². The van der Waals surface area contributed by atoms with Gasteiger partial charge in [-0.05, 0) is 49.9 Å². The van der Waals surface area contributed by atoms with Gasteiger partial charge >= 0.3 is 0 Å². The Morgan fingerprint density at radius 1 is 0.833 bits per heavy atom. The smallest absolute Gasteiger partial charge is 0.0675 e. The molecule has 18 heavy (non-hydrogen) atoms. The molecule has 0 aromatic rings. The second kappa shape index (κ2) is 6.41. The molecule has 0 aromatic carbocycles. The molecule has 0 saturated heterocycles. The fourth-order valence-corrected chi connectivity index (χ4v) is 4.27. The van der Waals surface area contributed by atoms with Gasteiger partial charge in [0.25, 0.3) is 0 Å². The summed E-state index contributed by atoms with van der Waals surface area (Å²) in [6.45, 7) is 4.70. The second-order valence-electron chi connectivity index (χ2n) is 7.23. The Morgan fingerprint density at radius 3 is 2.11 bits per heavy atom. The van der Waals surface area contributed by atoms with Gasteiger partial charge < -0.3 is 5.11 Å².